The molecule has 0 N–H and O–H groups in total. The van der Waals surface area contributed by atoms with Crippen molar-refractivity contribution < 1.29 is 24.2 Å². The van der Waals surface area contributed by atoms with Gasteiger partial charge in [-0.25, -0.2) is 12.1 Å². The summed E-state index contributed by atoms with van der Waals surface area (Å²) in [6.07, 6.45) is 0. The molecule has 0 aliphatic rings. The third-order valence-corrected chi connectivity index (χ3v) is 12.2. The van der Waals surface area contributed by atoms with Crippen LogP contribution in [0, 0.1) is 0 Å². The van der Waals surface area contributed by atoms with Gasteiger partial charge in [-0.3, -0.25) is 0 Å². The van der Waals surface area contributed by atoms with E-state index >= 15 is 0 Å². The average Bonchev–Trinajstić information content (AvgIpc) is 3.84. The molecule has 0 aliphatic heterocycles. The zero-order valence-electron chi connectivity index (χ0n) is 35.9. The summed E-state index contributed by atoms with van der Waals surface area (Å²) >= 11 is 1.44. The summed E-state index contributed by atoms with van der Waals surface area (Å²) in [6, 6.07) is 52.8. The number of fused-ring (bicyclic) bond motifs is 5. The molecular formula is C55H60Zr. The van der Waals surface area contributed by atoms with Crippen LogP contribution >= 0.6 is 0 Å². The van der Waals surface area contributed by atoms with Crippen LogP contribution in [0.3, 0.4) is 0 Å². The molecule has 0 bridgehead atoms. The summed E-state index contributed by atoms with van der Waals surface area (Å²) in [5.41, 5.74) is 9.11. The van der Waals surface area contributed by atoms with Gasteiger partial charge in [0.1, 0.15) is 0 Å². The van der Waals surface area contributed by atoms with E-state index in [2.05, 4.69) is 198 Å². The molecule has 0 radical (unpaired) electrons. The second-order valence-electron chi connectivity index (χ2n) is 19.5. The van der Waals surface area contributed by atoms with Crippen molar-refractivity contribution in [2.75, 3.05) is 0 Å². The Hall–Kier alpha value is -4.19. The molecule has 284 valence electrons. The molecule has 0 fully saturated rings. The van der Waals surface area contributed by atoms with E-state index in [0.717, 1.165) is 0 Å². The van der Waals surface area contributed by atoms with Crippen LogP contribution in [0.15, 0.2) is 146 Å². The van der Waals surface area contributed by atoms with E-state index in [1.165, 1.54) is 104 Å². The van der Waals surface area contributed by atoms with Gasteiger partial charge >= 0.3 is 145 Å². The summed E-state index contributed by atoms with van der Waals surface area (Å²) < 4.78 is 1.42. The third-order valence-electron chi connectivity index (χ3n) is 10.9. The predicted molar refractivity (Wildman–Crippen MR) is 245 cm³/mol. The normalized spacial score (nSPS) is 12.4. The Balaban J connectivity index is 0.000000173. The van der Waals surface area contributed by atoms with Crippen LogP contribution in [0.25, 0.3) is 43.1 Å². The van der Waals surface area contributed by atoms with Crippen molar-refractivity contribution in [1.29, 1.82) is 0 Å². The van der Waals surface area contributed by atoms with Gasteiger partial charge in [0.05, 0.1) is 0 Å². The maximum atomic E-state index is 2.49. The topological polar surface area (TPSA) is 0 Å². The number of hydrogen-bond donors (Lipinski definition) is 0. The van der Waals surface area contributed by atoms with Crippen molar-refractivity contribution in [2.24, 2.45) is 0 Å². The Labute approximate surface area is 352 Å². The van der Waals surface area contributed by atoms with E-state index in [1.54, 1.807) is 0 Å². The molecule has 8 aromatic carbocycles. The standard InChI is InChI=1S/C29H41.C21H14.C5H5.Zr/c1-26(2,3)22-14-18-13-19-15-23(27(4,5)6)25(29(10,11)12)17-21(19)20(18)16-24(22)28(7,8)9;1-3-13-20-16(7-1)9-5-11-18(20)15-19-12-6-10-17-8-2-4-14-21(17)19;1-2-4-5-3-1;/h13-17H,1-12H3;1-14H;1-5H;/q-1;;-1;+2. The summed E-state index contributed by atoms with van der Waals surface area (Å²) in [4.78, 5) is 0. The minimum absolute atomic E-state index is 0.124. The van der Waals surface area contributed by atoms with Crippen LogP contribution in [-0.2, 0) is 45.9 Å². The van der Waals surface area contributed by atoms with Crippen LogP contribution in [-0.4, -0.2) is 3.21 Å². The van der Waals surface area contributed by atoms with E-state index < -0.39 is 0 Å². The second-order valence-corrected chi connectivity index (χ2v) is 20.7. The monoisotopic (exact) mass is 810 g/mol. The Morgan fingerprint density at radius 2 is 0.732 bits per heavy atom. The fourth-order valence-electron chi connectivity index (χ4n) is 7.94. The van der Waals surface area contributed by atoms with E-state index in [0.29, 0.717) is 0 Å². The molecule has 8 rings (SSSR count). The molecule has 0 heterocycles. The first-order valence-electron chi connectivity index (χ1n) is 20.2. The summed E-state index contributed by atoms with van der Waals surface area (Å²) in [7, 11) is 0. The zero-order valence-corrected chi connectivity index (χ0v) is 38.3. The van der Waals surface area contributed by atoms with Crippen LogP contribution < -0.4 is 0 Å². The third kappa shape index (κ3) is 9.00. The van der Waals surface area contributed by atoms with Gasteiger partial charge in [0.25, 0.3) is 0 Å². The van der Waals surface area contributed by atoms with Crippen molar-refractivity contribution >= 4 is 46.3 Å². The molecule has 56 heavy (non-hydrogen) atoms. The fourth-order valence-corrected chi connectivity index (χ4v) is 9.01. The molecular weight excluding hydrogens is 752 g/mol. The largest absolute Gasteiger partial charge is 0.214 e. The van der Waals surface area contributed by atoms with E-state index in [4.69, 9.17) is 0 Å². The van der Waals surface area contributed by atoms with E-state index in [1.807, 2.05) is 30.3 Å². The summed E-state index contributed by atoms with van der Waals surface area (Å²) in [6.45, 7) is 28.0. The van der Waals surface area contributed by atoms with Crippen molar-refractivity contribution in [2.45, 2.75) is 105 Å². The van der Waals surface area contributed by atoms with E-state index in [9.17, 15) is 0 Å². The van der Waals surface area contributed by atoms with Crippen LogP contribution in [0.1, 0.15) is 116 Å². The van der Waals surface area contributed by atoms with Gasteiger partial charge in [-0.15, -0.1) is 39.7 Å². The SMILES string of the molecule is CC(C)(C)c1cc2[cH-]c3cc(C(C)(C)C)c(C(C)(C)C)cc3c2cc1C(C)(C)C.[Zr+2]=[C](c1cccc2ccccc12)c1cccc2ccccc12.c1cc[cH-]c1. The van der Waals surface area contributed by atoms with Gasteiger partial charge in [0.2, 0.25) is 0 Å². The van der Waals surface area contributed by atoms with Crippen LogP contribution in [0.2, 0.25) is 0 Å². The first-order valence-corrected chi connectivity index (χ1v) is 21.4. The van der Waals surface area contributed by atoms with Crippen molar-refractivity contribution in [1.82, 2.24) is 0 Å². The molecule has 0 spiro atoms. The average molecular weight is 812 g/mol. The fraction of sp³-hybridized carbons (Fsp3) is 0.291. The van der Waals surface area contributed by atoms with Gasteiger partial charge < -0.3 is 0 Å². The quantitative estimate of drug-likeness (QED) is 0.153. The van der Waals surface area contributed by atoms with Crippen molar-refractivity contribution in [3.63, 3.8) is 0 Å². The zero-order chi connectivity index (χ0) is 40.6. The number of benzene rings is 6. The number of rotatable bonds is 2. The minimum atomic E-state index is 0.124. The van der Waals surface area contributed by atoms with Crippen molar-refractivity contribution in [3.05, 3.63) is 179 Å². The molecule has 0 nitrogen and oxygen atoms in total. The Morgan fingerprint density at radius 1 is 0.393 bits per heavy atom. The van der Waals surface area contributed by atoms with Gasteiger partial charge in [-0.05, 0) is 21.7 Å². The maximum Gasteiger partial charge on any atom is -0.172 e. The summed E-state index contributed by atoms with van der Waals surface area (Å²) in [5.74, 6) is 0. The molecule has 1 heteroatoms. The summed E-state index contributed by atoms with van der Waals surface area (Å²) in [5, 5.41) is 10.9. The first-order chi connectivity index (χ1) is 26.2. The molecule has 8 aromatic rings. The van der Waals surface area contributed by atoms with Gasteiger partial charge in [-0.1, -0.05) is 117 Å². The molecule has 0 aromatic heterocycles. The smallest absolute Gasteiger partial charge is 0.172 e. The molecule has 0 amide bonds. The maximum absolute atomic E-state index is 2.49. The van der Waals surface area contributed by atoms with Gasteiger partial charge in [0.15, 0.2) is 0 Å². The Morgan fingerprint density at radius 3 is 1.07 bits per heavy atom. The molecule has 0 atom stereocenters. The number of hydrogen-bond acceptors (Lipinski definition) is 0. The molecule has 0 saturated heterocycles. The predicted octanol–water partition coefficient (Wildman–Crippen LogP) is 15.4. The molecule has 0 aliphatic carbocycles. The van der Waals surface area contributed by atoms with Gasteiger partial charge in [-0.2, -0.15) is 18.2 Å². The van der Waals surface area contributed by atoms with Crippen molar-refractivity contribution in [3.8, 4) is 0 Å². The Bertz CT molecular complexity index is 2420. The Kier molecular flexibility index (Phi) is 11.8. The van der Waals surface area contributed by atoms with Crippen LogP contribution in [0.4, 0.5) is 0 Å². The van der Waals surface area contributed by atoms with Gasteiger partial charge in [0, 0.05) is 0 Å². The first kappa shape index (κ1) is 41.4. The van der Waals surface area contributed by atoms with E-state index in [-0.39, 0.29) is 21.7 Å². The van der Waals surface area contributed by atoms with Crippen LogP contribution in [0.5, 0.6) is 0 Å². The minimum Gasteiger partial charge on any atom is -0.214 e. The molecule has 0 unspecified atom stereocenters. The molecule has 0 saturated carbocycles. The second kappa shape index (κ2) is 16.0.